The van der Waals surface area contributed by atoms with Gasteiger partial charge < -0.3 is 28.4 Å². The van der Waals surface area contributed by atoms with Crippen LogP contribution in [-0.2, 0) is 6.54 Å². The standard InChI is InChI=1S/C30H34N4O5/c1-36-22-8-9-23-24(29(35)21-17-26(37-2)30(39-4)27(18-21)38-3)20-34(25(23)19-22)16-13-32-11-14-33(15-12-32)28-7-5-6-10-31-28/h5-10,17-20H,11-16H2,1-4H3. The van der Waals surface area contributed by atoms with E-state index in [0.29, 0.717) is 28.4 Å². The van der Waals surface area contributed by atoms with Crippen LogP contribution in [-0.4, -0.2) is 81.4 Å². The Morgan fingerprint density at radius 3 is 2.21 bits per heavy atom. The number of ketones is 1. The molecule has 0 radical (unpaired) electrons. The number of aromatic nitrogens is 2. The summed E-state index contributed by atoms with van der Waals surface area (Å²) < 4.78 is 24.0. The molecule has 204 valence electrons. The molecule has 39 heavy (non-hydrogen) atoms. The molecule has 0 saturated carbocycles. The van der Waals surface area contributed by atoms with Gasteiger partial charge in [0.05, 0.1) is 34.0 Å². The highest BCUT2D eigenvalue weighted by atomic mass is 16.5. The summed E-state index contributed by atoms with van der Waals surface area (Å²) in [6, 6.07) is 15.2. The Bertz CT molecular complexity index is 1420. The van der Waals surface area contributed by atoms with E-state index >= 15 is 0 Å². The van der Waals surface area contributed by atoms with Gasteiger partial charge in [0.15, 0.2) is 17.3 Å². The molecule has 0 spiro atoms. The maximum absolute atomic E-state index is 13.8. The Hall–Kier alpha value is -4.24. The zero-order chi connectivity index (χ0) is 27.4. The van der Waals surface area contributed by atoms with Gasteiger partial charge in [-0.2, -0.15) is 0 Å². The highest BCUT2D eigenvalue weighted by Crippen LogP contribution is 2.39. The number of piperazine rings is 1. The van der Waals surface area contributed by atoms with Gasteiger partial charge >= 0.3 is 0 Å². The fourth-order valence-electron chi connectivity index (χ4n) is 5.12. The Morgan fingerprint density at radius 2 is 1.59 bits per heavy atom. The molecule has 9 nitrogen and oxygen atoms in total. The smallest absolute Gasteiger partial charge is 0.203 e. The number of hydrogen-bond acceptors (Lipinski definition) is 8. The van der Waals surface area contributed by atoms with Crippen molar-refractivity contribution < 1.29 is 23.7 Å². The van der Waals surface area contributed by atoms with Crippen LogP contribution in [0.3, 0.4) is 0 Å². The number of hydrogen-bond donors (Lipinski definition) is 0. The van der Waals surface area contributed by atoms with Gasteiger partial charge in [-0.3, -0.25) is 9.69 Å². The van der Waals surface area contributed by atoms with Gasteiger partial charge in [-0.15, -0.1) is 0 Å². The highest BCUT2D eigenvalue weighted by molar-refractivity contribution is 6.17. The van der Waals surface area contributed by atoms with Crippen LogP contribution < -0.4 is 23.8 Å². The van der Waals surface area contributed by atoms with Gasteiger partial charge in [0.1, 0.15) is 11.6 Å². The molecule has 0 aliphatic carbocycles. The normalized spacial score (nSPS) is 13.9. The van der Waals surface area contributed by atoms with E-state index in [0.717, 1.165) is 61.7 Å². The summed E-state index contributed by atoms with van der Waals surface area (Å²) in [5.74, 6) is 2.98. The van der Waals surface area contributed by atoms with Gasteiger partial charge in [-0.1, -0.05) is 6.07 Å². The third-order valence-corrected chi connectivity index (χ3v) is 7.26. The molecule has 9 heteroatoms. The lowest BCUT2D eigenvalue weighted by atomic mass is 10.0. The number of nitrogens with zero attached hydrogens (tertiary/aromatic N) is 4. The lowest BCUT2D eigenvalue weighted by molar-refractivity contribution is 0.103. The van der Waals surface area contributed by atoms with Crippen molar-refractivity contribution >= 4 is 22.5 Å². The van der Waals surface area contributed by atoms with Gasteiger partial charge in [-0.25, -0.2) is 4.98 Å². The molecule has 4 aromatic rings. The molecule has 0 atom stereocenters. The minimum atomic E-state index is -0.118. The number of carbonyl (C=O) groups excluding carboxylic acids is 1. The van der Waals surface area contributed by atoms with Gasteiger partial charge in [-0.05, 0) is 36.4 Å². The van der Waals surface area contributed by atoms with Crippen LogP contribution in [0.15, 0.2) is 60.9 Å². The lowest BCUT2D eigenvalue weighted by Gasteiger charge is -2.35. The van der Waals surface area contributed by atoms with Crippen LogP contribution in [0.25, 0.3) is 10.9 Å². The van der Waals surface area contributed by atoms with Crippen LogP contribution in [0, 0.1) is 0 Å². The molecule has 0 unspecified atom stereocenters. The van der Waals surface area contributed by atoms with E-state index in [1.807, 2.05) is 42.7 Å². The summed E-state index contributed by atoms with van der Waals surface area (Å²) in [6.45, 7) is 5.39. The molecule has 1 fully saturated rings. The lowest BCUT2D eigenvalue weighted by Crippen LogP contribution is -2.47. The number of ether oxygens (including phenoxy) is 4. The summed E-state index contributed by atoms with van der Waals surface area (Å²) in [6.07, 6.45) is 3.78. The van der Waals surface area contributed by atoms with Crippen molar-refractivity contribution in [3.8, 4) is 23.0 Å². The number of rotatable bonds is 10. The van der Waals surface area contributed by atoms with Crippen molar-refractivity contribution in [2.75, 3.05) is 66.1 Å². The van der Waals surface area contributed by atoms with E-state index in [1.165, 1.54) is 0 Å². The van der Waals surface area contributed by atoms with Crippen molar-refractivity contribution in [3.05, 3.63) is 72.1 Å². The second kappa shape index (κ2) is 11.7. The van der Waals surface area contributed by atoms with Crippen LogP contribution in [0.4, 0.5) is 5.82 Å². The molecule has 0 bridgehead atoms. The number of anilines is 1. The zero-order valence-corrected chi connectivity index (χ0v) is 22.8. The van der Waals surface area contributed by atoms with E-state index in [1.54, 1.807) is 40.6 Å². The Morgan fingerprint density at radius 1 is 0.846 bits per heavy atom. The summed E-state index contributed by atoms with van der Waals surface area (Å²) in [5, 5.41) is 0.870. The SMILES string of the molecule is COc1ccc2c(C(=O)c3cc(OC)c(OC)c(OC)c3)cn(CCN3CCN(c4ccccn4)CC3)c2c1. The van der Waals surface area contributed by atoms with E-state index in [9.17, 15) is 4.79 Å². The second-order valence-corrected chi connectivity index (χ2v) is 9.38. The number of benzene rings is 2. The largest absolute Gasteiger partial charge is 0.497 e. The highest BCUT2D eigenvalue weighted by Gasteiger charge is 2.23. The van der Waals surface area contributed by atoms with Crippen molar-refractivity contribution in [2.24, 2.45) is 0 Å². The maximum Gasteiger partial charge on any atom is 0.203 e. The number of pyridine rings is 1. The fourth-order valence-corrected chi connectivity index (χ4v) is 5.12. The molecule has 5 rings (SSSR count). The fraction of sp³-hybridized carbons (Fsp3) is 0.333. The number of carbonyl (C=O) groups is 1. The molecule has 1 aliphatic rings. The summed E-state index contributed by atoms with van der Waals surface area (Å²) in [5.41, 5.74) is 2.03. The van der Waals surface area contributed by atoms with Crippen molar-refractivity contribution in [1.29, 1.82) is 0 Å². The predicted octanol–water partition coefficient (Wildman–Crippen LogP) is 4.12. The van der Waals surface area contributed by atoms with E-state index < -0.39 is 0 Å². The summed E-state index contributed by atoms with van der Waals surface area (Å²) in [7, 11) is 6.28. The van der Waals surface area contributed by atoms with Crippen LogP contribution in [0.2, 0.25) is 0 Å². The van der Waals surface area contributed by atoms with Crippen molar-refractivity contribution in [2.45, 2.75) is 6.54 Å². The predicted molar refractivity (Wildman–Crippen MR) is 151 cm³/mol. The van der Waals surface area contributed by atoms with Crippen LogP contribution in [0.1, 0.15) is 15.9 Å². The third kappa shape index (κ3) is 5.35. The Kier molecular flexibility index (Phi) is 7.88. The maximum atomic E-state index is 13.8. The van der Waals surface area contributed by atoms with E-state index in [-0.39, 0.29) is 5.78 Å². The first-order valence-corrected chi connectivity index (χ1v) is 13.0. The average Bonchev–Trinajstić information content (AvgIpc) is 3.37. The molecule has 1 saturated heterocycles. The number of methoxy groups -OCH3 is 4. The van der Waals surface area contributed by atoms with Crippen LogP contribution in [0.5, 0.6) is 23.0 Å². The average molecular weight is 531 g/mol. The molecule has 0 amide bonds. The molecular weight excluding hydrogens is 496 g/mol. The second-order valence-electron chi connectivity index (χ2n) is 9.38. The third-order valence-electron chi connectivity index (χ3n) is 7.26. The van der Waals surface area contributed by atoms with Crippen molar-refractivity contribution in [1.82, 2.24) is 14.5 Å². The summed E-state index contributed by atoms with van der Waals surface area (Å²) in [4.78, 5) is 23.1. The molecule has 3 heterocycles. The van der Waals surface area contributed by atoms with E-state index in [4.69, 9.17) is 18.9 Å². The van der Waals surface area contributed by atoms with Crippen molar-refractivity contribution in [3.63, 3.8) is 0 Å². The molecular formula is C30H34N4O5. The first-order chi connectivity index (χ1) is 19.1. The minimum absolute atomic E-state index is 0.118. The summed E-state index contributed by atoms with van der Waals surface area (Å²) >= 11 is 0. The van der Waals surface area contributed by atoms with Crippen LogP contribution >= 0.6 is 0 Å². The molecule has 0 N–H and O–H groups in total. The Balaban J connectivity index is 1.39. The molecule has 1 aliphatic heterocycles. The topological polar surface area (TPSA) is 78.3 Å². The quantitative estimate of drug-likeness (QED) is 0.284. The van der Waals surface area contributed by atoms with Gasteiger partial charge in [0.2, 0.25) is 5.75 Å². The monoisotopic (exact) mass is 530 g/mol. The van der Waals surface area contributed by atoms with Gasteiger partial charge in [0.25, 0.3) is 0 Å². The van der Waals surface area contributed by atoms with Gasteiger partial charge in [0, 0.05) is 74.2 Å². The zero-order valence-electron chi connectivity index (χ0n) is 22.8. The first kappa shape index (κ1) is 26.4. The molecule has 2 aromatic carbocycles. The minimum Gasteiger partial charge on any atom is -0.497 e. The first-order valence-electron chi connectivity index (χ1n) is 13.0. The molecule has 2 aromatic heterocycles. The number of fused-ring (bicyclic) bond motifs is 1. The van der Waals surface area contributed by atoms with E-state index in [2.05, 4.69) is 25.4 Å². The Labute approximate surface area is 228 Å².